The molecule has 5 heteroatoms. The molecule has 0 spiro atoms. The number of carbonyl (C=O) groups is 1. The van der Waals surface area contributed by atoms with Gasteiger partial charge in [-0.3, -0.25) is 14.4 Å². The van der Waals surface area contributed by atoms with Gasteiger partial charge in [0, 0.05) is 37.3 Å². The molecule has 1 aliphatic rings. The number of rotatable bonds is 8. The smallest absolute Gasteiger partial charge is 0.220 e. The van der Waals surface area contributed by atoms with E-state index in [9.17, 15) is 4.79 Å². The van der Waals surface area contributed by atoms with Gasteiger partial charge in [-0.05, 0) is 70.9 Å². The molecule has 1 atom stereocenters. The molecule has 1 aromatic rings. The van der Waals surface area contributed by atoms with E-state index in [4.69, 9.17) is 0 Å². The van der Waals surface area contributed by atoms with E-state index in [2.05, 4.69) is 68.5 Å². The number of nitrogens with zero attached hydrogens (tertiary/aromatic N) is 3. The molecule has 5 nitrogen and oxygen atoms in total. The van der Waals surface area contributed by atoms with Gasteiger partial charge >= 0.3 is 0 Å². The molecule has 27 heavy (non-hydrogen) atoms. The molecule has 1 aromatic heterocycles. The fraction of sp³-hybridized carbons (Fsp3) is 0.818. The molecule has 1 fully saturated rings. The molecule has 1 amide bonds. The van der Waals surface area contributed by atoms with Crippen molar-refractivity contribution in [1.29, 1.82) is 0 Å². The number of hydrogen-bond donors (Lipinski definition) is 1. The van der Waals surface area contributed by atoms with Crippen molar-refractivity contribution in [1.82, 2.24) is 20.0 Å². The number of carbonyl (C=O) groups excluding carboxylic acids is 1. The summed E-state index contributed by atoms with van der Waals surface area (Å²) in [5.41, 5.74) is 3.51. The second-order valence-electron chi connectivity index (χ2n) is 9.51. The van der Waals surface area contributed by atoms with E-state index < -0.39 is 0 Å². The summed E-state index contributed by atoms with van der Waals surface area (Å²) in [5, 5.41) is 7.84. The van der Waals surface area contributed by atoms with Crippen LogP contribution in [0.2, 0.25) is 0 Å². The van der Waals surface area contributed by atoms with Gasteiger partial charge in [0.05, 0.1) is 5.69 Å². The molecule has 0 radical (unpaired) electrons. The first-order chi connectivity index (χ1) is 12.6. The van der Waals surface area contributed by atoms with Gasteiger partial charge in [0.2, 0.25) is 5.91 Å². The number of amides is 1. The van der Waals surface area contributed by atoms with Crippen molar-refractivity contribution in [2.24, 2.45) is 11.8 Å². The summed E-state index contributed by atoms with van der Waals surface area (Å²) in [6.07, 6.45) is 3.88. The van der Waals surface area contributed by atoms with Crippen molar-refractivity contribution in [3.05, 3.63) is 17.0 Å². The molecule has 154 valence electrons. The van der Waals surface area contributed by atoms with Crippen LogP contribution < -0.4 is 5.32 Å². The molecule has 1 saturated heterocycles. The minimum absolute atomic E-state index is 0.0122. The fourth-order valence-electron chi connectivity index (χ4n) is 4.11. The SMILES string of the molecule is Cc1nn(CC(C)C)c(C)c1CCC(=O)NCC(C)(C)N1CCCC(C)C1. The highest BCUT2D eigenvalue weighted by Crippen LogP contribution is 2.23. The first-order valence-electron chi connectivity index (χ1n) is 10.6. The summed E-state index contributed by atoms with van der Waals surface area (Å²) in [5.74, 6) is 1.46. The predicted octanol–water partition coefficient (Wildman–Crippen LogP) is 3.72. The molecule has 1 N–H and O–H groups in total. The van der Waals surface area contributed by atoms with Crippen LogP contribution in [0.5, 0.6) is 0 Å². The van der Waals surface area contributed by atoms with Crippen molar-refractivity contribution < 1.29 is 4.79 Å². The minimum atomic E-state index is 0.0122. The maximum Gasteiger partial charge on any atom is 0.220 e. The highest BCUT2D eigenvalue weighted by molar-refractivity contribution is 5.76. The Kier molecular flexibility index (Phi) is 7.49. The topological polar surface area (TPSA) is 50.2 Å². The lowest BCUT2D eigenvalue weighted by Crippen LogP contribution is -2.54. The molecule has 1 aliphatic heterocycles. The standard InChI is InChI=1S/C22H40N4O/c1-16(2)13-26-19(5)20(18(4)24-26)10-11-21(27)23-15-22(6,7)25-12-8-9-17(3)14-25/h16-17H,8-15H2,1-7H3,(H,23,27). The summed E-state index contributed by atoms with van der Waals surface area (Å²) in [6.45, 7) is 19.3. The average molecular weight is 377 g/mol. The van der Waals surface area contributed by atoms with Crippen LogP contribution in [0.1, 0.15) is 70.8 Å². The average Bonchev–Trinajstić information content (AvgIpc) is 2.84. The molecule has 2 heterocycles. The Bertz CT molecular complexity index is 633. The summed E-state index contributed by atoms with van der Waals surface area (Å²) in [7, 11) is 0. The summed E-state index contributed by atoms with van der Waals surface area (Å²) in [4.78, 5) is 15.0. The zero-order valence-electron chi connectivity index (χ0n) is 18.6. The second-order valence-corrected chi connectivity index (χ2v) is 9.51. The molecule has 0 aromatic carbocycles. The second kappa shape index (κ2) is 9.22. The van der Waals surface area contributed by atoms with Gasteiger partial charge in [0.1, 0.15) is 0 Å². The fourth-order valence-corrected chi connectivity index (χ4v) is 4.11. The van der Waals surface area contributed by atoms with Crippen LogP contribution in [0.3, 0.4) is 0 Å². The lowest BCUT2D eigenvalue weighted by atomic mass is 9.93. The van der Waals surface area contributed by atoms with E-state index in [1.54, 1.807) is 0 Å². The van der Waals surface area contributed by atoms with Gasteiger partial charge in [0.15, 0.2) is 0 Å². The van der Waals surface area contributed by atoms with Gasteiger partial charge in [-0.2, -0.15) is 5.10 Å². The molecular weight excluding hydrogens is 336 g/mol. The Hall–Kier alpha value is -1.36. The highest BCUT2D eigenvalue weighted by atomic mass is 16.1. The van der Waals surface area contributed by atoms with E-state index in [0.29, 0.717) is 18.9 Å². The van der Waals surface area contributed by atoms with Crippen LogP contribution >= 0.6 is 0 Å². The number of likely N-dealkylation sites (tertiary alicyclic amines) is 1. The van der Waals surface area contributed by atoms with Crippen molar-refractivity contribution in [2.75, 3.05) is 19.6 Å². The molecule has 0 bridgehead atoms. The van der Waals surface area contributed by atoms with Gasteiger partial charge in [0.25, 0.3) is 0 Å². The van der Waals surface area contributed by atoms with Crippen LogP contribution in [0, 0.1) is 25.7 Å². The minimum Gasteiger partial charge on any atom is -0.354 e. The van der Waals surface area contributed by atoms with E-state index in [0.717, 1.165) is 37.7 Å². The van der Waals surface area contributed by atoms with Crippen molar-refractivity contribution in [3.8, 4) is 0 Å². The number of piperidine rings is 1. The van der Waals surface area contributed by atoms with E-state index in [1.807, 2.05) is 0 Å². The summed E-state index contributed by atoms with van der Waals surface area (Å²) < 4.78 is 2.09. The van der Waals surface area contributed by atoms with E-state index in [1.165, 1.54) is 24.1 Å². The van der Waals surface area contributed by atoms with E-state index >= 15 is 0 Å². The van der Waals surface area contributed by atoms with Crippen LogP contribution in [0.15, 0.2) is 0 Å². The lowest BCUT2D eigenvalue weighted by molar-refractivity contribution is -0.121. The number of aryl methyl sites for hydroxylation is 1. The van der Waals surface area contributed by atoms with Crippen molar-refractivity contribution in [3.63, 3.8) is 0 Å². The molecule has 1 unspecified atom stereocenters. The maximum atomic E-state index is 12.5. The van der Waals surface area contributed by atoms with Crippen LogP contribution in [-0.2, 0) is 17.8 Å². The van der Waals surface area contributed by atoms with Crippen molar-refractivity contribution in [2.45, 2.75) is 86.2 Å². The Labute approximate surface area is 165 Å². The Morgan fingerprint density at radius 1 is 1.33 bits per heavy atom. The first-order valence-corrected chi connectivity index (χ1v) is 10.6. The lowest BCUT2D eigenvalue weighted by Gasteiger charge is -2.43. The van der Waals surface area contributed by atoms with Crippen molar-refractivity contribution >= 4 is 5.91 Å². The van der Waals surface area contributed by atoms with E-state index in [-0.39, 0.29) is 11.4 Å². The highest BCUT2D eigenvalue weighted by Gasteiger charge is 2.30. The number of hydrogen-bond acceptors (Lipinski definition) is 3. The van der Waals surface area contributed by atoms with Crippen LogP contribution in [-0.4, -0.2) is 45.8 Å². The third-order valence-electron chi connectivity index (χ3n) is 5.90. The van der Waals surface area contributed by atoms with Gasteiger partial charge in [-0.1, -0.05) is 20.8 Å². The summed E-state index contributed by atoms with van der Waals surface area (Å²) in [6, 6.07) is 0. The third kappa shape index (κ3) is 6.06. The number of aromatic nitrogens is 2. The monoisotopic (exact) mass is 376 g/mol. The molecule has 0 saturated carbocycles. The zero-order valence-corrected chi connectivity index (χ0v) is 18.6. The predicted molar refractivity (Wildman–Crippen MR) is 112 cm³/mol. The number of nitrogens with one attached hydrogen (secondary N) is 1. The molecular formula is C22H40N4O. The Morgan fingerprint density at radius 2 is 2.04 bits per heavy atom. The largest absolute Gasteiger partial charge is 0.354 e. The summed E-state index contributed by atoms with van der Waals surface area (Å²) >= 11 is 0. The van der Waals surface area contributed by atoms with Crippen LogP contribution in [0.25, 0.3) is 0 Å². The van der Waals surface area contributed by atoms with Gasteiger partial charge in [-0.15, -0.1) is 0 Å². The van der Waals surface area contributed by atoms with Crippen LogP contribution in [0.4, 0.5) is 0 Å². The maximum absolute atomic E-state index is 12.5. The zero-order chi connectivity index (χ0) is 20.2. The normalized spacial score (nSPS) is 18.9. The Balaban J connectivity index is 1.85. The Morgan fingerprint density at radius 3 is 2.67 bits per heavy atom. The first kappa shape index (κ1) is 21.9. The molecule has 0 aliphatic carbocycles. The van der Waals surface area contributed by atoms with Gasteiger partial charge in [-0.25, -0.2) is 0 Å². The quantitative estimate of drug-likeness (QED) is 0.752. The third-order valence-corrected chi connectivity index (χ3v) is 5.90. The van der Waals surface area contributed by atoms with Gasteiger partial charge < -0.3 is 5.32 Å². The molecule has 2 rings (SSSR count).